The zero-order valence-corrected chi connectivity index (χ0v) is 19.5. The van der Waals surface area contributed by atoms with Gasteiger partial charge in [0, 0.05) is 0 Å². The van der Waals surface area contributed by atoms with E-state index < -0.39 is 20.2 Å². The molecule has 31 heavy (non-hydrogen) atoms. The molecular formula is C23H30N2O5Si. The second-order valence-electron chi connectivity index (χ2n) is 9.00. The third kappa shape index (κ3) is 4.80. The molecule has 0 saturated carbocycles. The van der Waals surface area contributed by atoms with E-state index in [-0.39, 0.29) is 42.7 Å². The molecule has 2 heterocycles. The van der Waals surface area contributed by atoms with Crippen LogP contribution >= 0.6 is 0 Å². The van der Waals surface area contributed by atoms with E-state index in [1.165, 1.54) is 6.08 Å². The van der Waals surface area contributed by atoms with Crippen molar-refractivity contribution in [2.24, 2.45) is 11.7 Å². The van der Waals surface area contributed by atoms with Crippen LogP contribution in [0.3, 0.4) is 0 Å². The summed E-state index contributed by atoms with van der Waals surface area (Å²) in [5.41, 5.74) is 7.93. The number of hydrogen-bond donors (Lipinski definition) is 1. The Balaban J connectivity index is 1.91. The number of benzene rings is 1. The number of rotatable bonds is 9. The lowest BCUT2D eigenvalue weighted by Crippen LogP contribution is -2.63. The minimum Gasteiger partial charge on any atom is -0.457 e. The lowest BCUT2D eigenvalue weighted by molar-refractivity contribution is -0.161. The second-order valence-corrected chi connectivity index (χ2v) is 13.5. The summed E-state index contributed by atoms with van der Waals surface area (Å²) in [6.45, 7) is 11.9. The van der Waals surface area contributed by atoms with Crippen molar-refractivity contribution in [3.63, 3.8) is 0 Å². The van der Waals surface area contributed by atoms with Gasteiger partial charge in [-0.05, 0) is 49.7 Å². The number of hydrogen-bond acceptors (Lipinski definition) is 5. The number of fused-ring (bicyclic) bond motifs is 1. The molecule has 0 aromatic heterocycles. The van der Waals surface area contributed by atoms with Crippen LogP contribution in [0.4, 0.5) is 0 Å². The molecule has 0 aliphatic carbocycles. The zero-order chi connectivity index (χ0) is 22.9. The Labute approximate surface area is 184 Å². The number of amides is 2. The fourth-order valence-corrected chi connectivity index (χ4v) is 5.62. The highest BCUT2D eigenvalue weighted by molar-refractivity contribution is 6.69. The van der Waals surface area contributed by atoms with Crippen molar-refractivity contribution >= 4 is 31.7 Å². The van der Waals surface area contributed by atoms with Gasteiger partial charge in [0.2, 0.25) is 11.8 Å². The van der Waals surface area contributed by atoms with Gasteiger partial charge in [0.05, 0.1) is 24.5 Å². The average Bonchev–Trinajstić information content (AvgIpc) is 3.00. The van der Waals surface area contributed by atoms with Gasteiger partial charge in [-0.2, -0.15) is 0 Å². The molecule has 2 N–H and O–H groups in total. The molecule has 0 spiro atoms. The van der Waals surface area contributed by atoms with Crippen LogP contribution in [0.15, 0.2) is 42.6 Å². The van der Waals surface area contributed by atoms with Crippen LogP contribution in [-0.2, 0) is 30.0 Å². The number of esters is 1. The van der Waals surface area contributed by atoms with Crippen molar-refractivity contribution in [2.75, 3.05) is 6.61 Å². The first-order valence-corrected chi connectivity index (χ1v) is 13.8. The lowest BCUT2D eigenvalue weighted by atomic mass is 9.82. The maximum Gasteiger partial charge on any atom is 0.355 e. The van der Waals surface area contributed by atoms with E-state index in [0.717, 1.165) is 16.7 Å². The number of carbonyl (C=O) groups excluding carboxylic acids is 3. The molecule has 3 rings (SSSR count). The number of nitrogens with zero attached hydrogens (tertiary/aromatic N) is 1. The minimum absolute atomic E-state index is 0.0679. The highest BCUT2D eigenvalue weighted by Gasteiger charge is 2.57. The van der Waals surface area contributed by atoms with Crippen LogP contribution in [0.5, 0.6) is 0 Å². The van der Waals surface area contributed by atoms with Gasteiger partial charge in [0.1, 0.15) is 12.3 Å². The Morgan fingerprint density at radius 1 is 1.29 bits per heavy atom. The first kappa shape index (κ1) is 23.0. The molecule has 3 atom stereocenters. The molecule has 2 amide bonds. The monoisotopic (exact) mass is 442 g/mol. The summed E-state index contributed by atoms with van der Waals surface area (Å²) in [6, 6.07) is 7.19. The third-order valence-electron chi connectivity index (χ3n) is 5.46. The molecule has 1 fully saturated rings. The quantitative estimate of drug-likeness (QED) is 0.274. The largest absolute Gasteiger partial charge is 0.457 e. The van der Waals surface area contributed by atoms with Crippen LogP contribution in [0, 0.1) is 5.92 Å². The first-order valence-electron chi connectivity index (χ1n) is 10.4. The lowest BCUT2D eigenvalue weighted by Gasteiger charge is -2.47. The molecule has 0 bridgehead atoms. The predicted molar refractivity (Wildman–Crippen MR) is 120 cm³/mol. The van der Waals surface area contributed by atoms with Crippen molar-refractivity contribution in [1.29, 1.82) is 0 Å². The van der Waals surface area contributed by atoms with Crippen LogP contribution in [-0.4, -0.2) is 49.8 Å². The van der Waals surface area contributed by atoms with E-state index in [4.69, 9.17) is 14.9 Å². The molecular weight excluding hydrogens is 412 g/mol. The minimum atomic E-state index is -1.82. The van der Waals surface area contributed by atoms with Crippen LogP contribution < -0.4 is 5.73 Å². The molecule has 7 nitrogen and oxygen atoms in total. The van der Waals surface area contributed by atoms with Gasteiger partial charge in [-0.3, -0.25) is 9.59 Å². The highest BCUT2D eigenvalue weighted by Crippen LogP contribution is 2.48. The molecule has 166 valence electrons. The van der Waals surface area contributed by atoms with Crippen LogP contribution in [0.25, 0.3) is 5.57 Å². The Morgan fingerprint density at radius 2 is 1.94 bits per heavy atom. The Kier molecular flexibility index (Phi) is 6.52. The van der Waals surface area contributed by atoms with Crippen LogP contribution in [0.2, 0.25) is 19.6 Å². The SMILES string of the molecule is C=CCOC(=O)C1=C(c2ccc(CC(N)=O)cc2)C[C@@H]2[C@@H]([C@@H](C)O[Si](C)(C)C)C(=O)N12. The van der Waals surface area contributed by atoms with Crippen molar-refractivity contribution in [2.45, 2.75) is 51.6 Å². The van der Waals surface area contributed by atoms with Crippen LogP contribution in [0.1, 0.15) is 24.5 Å². The Hall–Kier alpha value is -2.71. The number of ether oxygens (including phenoxy) is 1. The molecule has 2 aliphatic rings. The summed E-state index contributed by atoms with van der Waals surface area (Å²) in [5.74, 6) is -1.35. The highest BCUT2D eigenvalue weighted by atomic mass is 28.4. The molecule has 1 aromatic rings. The fourth-order valence-electron chi connectivity index (χ4n) is 4.36. The Bertz CT molecular complexity index is 932. The van der Waals surface area contributed by atoms with E-state index in [2.05, 4.69) is 26.2 Å². The van der Waals surface area contributed by atoms with Crippen molar-refractivity contribution in [1.82, 2.24) is 4.90 Å². The zero-order valence-electron chi connectivity index (χ0n) is 18.5. The van der Waals surface area contributed by atoms with Crippen molar-refractivity contribution < 1.29 is 23.5 Å². The molecule has 1 saturated heterocycles. The maximum absolute atomic E-state index is 13.1. The summed E-state index contributed by atoms with van der Waals surface area (Å²) in [4.78, 5) is 38.6. The maximum atomic E-state index is 13.1. The summed E-state index contributed by atoms with van der Waals surface area (Å²) in [7, 11) is -1.82. The number of nitrogens with two attached hydrogens (primary N) is 1. The van der Waals surface area contributed by atoms with E-state index in [9.17, 15) is 14.4 Å². The molecule has 0 radical (unpaired) electrons. The molecule has 2 aliphatic heterocycles. The average molecular weight is 443 g/mol. The number of β-lactam (4-membered cyclic amide) rings is 1. The van der Waals surface area contributed by atoms with Gasteiger partial charge in [-0.1, -0.05) is 36.9 Å². The van der Waals surface area contributed by atoms with E-state index in [0.29, 0.717) is 6.42 Å². The summed E-state index contributed by atoms with van der Waals surface area (Å²) in [5, 5.41) is 0. The molecule has 1 aromatic carbocycles. The number of primary amides is 1. The fraction of sp³-hybridized carbons (Fsp3) is 0.435. The van der Waals surface area contributed by atoms with Gasteiger partial charge in [0.15, 0.2) is 8.32 Å². The van der Waals surface area contributed by atoms with Gasteiger partial charge >= 0.3 is 5.97 Å². The summed E-state index contributed by atoms with van der Waals surface area (Å²) >= 11 is 0. The van der Waals surface area contributed by atoms with Gasteiger partial charge in [0.25, 0.3) is 0 Å². The summed E-state index contributed by atoms with van der Waals surface area (Å²) < 4.78 is 11.5. The van der Waals surface area contributed by atoms with Gasteiger partial charge in [-0.25, -0.2) is 4.79 Å². The first-order chi connectivity index (χ1) is 14.5. The van der Waals surface area contributed by atoms with E-state index in [1.807, 2.05) is 31.2 Å². The standard InChI is InChI=1S/C23H30N2O5Si/c1-6-11-29-23(28)21-17(16-9-7-15(8-10-16)12-19(24)26)13-18-20(22(27)25(18)21)14(2)30-31(3,4)5/h6-10,14,18,20H,1,11-13H2,2-5H3,(H2,24,26)/t14-,18-,20-/m1/s1. The van der Waals surface area contributed by atoms with Crippen molar-refractivity contribution in [3.8, 4) is 0 Å². The third-order valence-corrected chi connectivity index (χ3v) is 6.54. The predicted octanol–water partition coefficient (Wildman–Crippen LogP) is 2.63. The second kappa shape index (κ2) is 8.80. The topological polar surface area (TPSA) is 98.9 Å². The molecule has 0 unspecified atom stereocenters. The normalized spacial score (nSPS) is 21.4. The van der Waals surface area contributed by atoms with Crippen molar-refractivity contribution in [3.05, 3.63) is 53.7 Å². The van der Waals surface area contributed by atoms with Gasteiger partial charge < -0.3 is 19.8 Å². The number of carbonyl (C=O) groups is 3. The Morgan fingerprint density at radius 3 is 2.48 bits per heavy atom. The van der Waals surface area contributed by atoms with E-state index >= 15 is 0 Å². The summed E-state index contributed by atoms with van der Waals surface area (Å²) in [6.07, 6.45) is 1.97. The van der Waals surface area contributed by atoms with Gasteiger partial charge in [-0.15, -0.1) is 0 Å². The smallest absolute Gasteiger partial charge is 0.355 e. The van der Waals surface area contributed by atoms with E-state index in [1.54, 1.807) is 4.90 Å². The molecule has 8 heteroatoms.